The molecule has 0 amide bonds. The molecule has 3 nitrogen and oxygen atoms in total. The summed E-state index contributed by atoms with van der Waals surface area (Å²) in [6.07, 6.45) is 3.69. The van der Waals surface area contributed by atoms with Crippen LogP contribution in [0.3, 0.4) is 0 Å². The van der Waals surface area contributed by atoms with Crippen LogP contribution in [-0.4, -0.2) is 15.0 Å². The van der Waals surface area contributed by atoms with Crippen molar-refractivity contribution in [2.45, 2.75) is 0 Å². The molecule has 8 aromatic carbocycles. The van der Waals surface area contributed by atoms with Crippen LogP contribution in [0.1, 0.15) is 0 Å². The average molecular weight is 688 g/mol. The van der Waals surface area contributed by atoms with Gasteiger partial charge in [-0.05, 0) is 78.3 Å². The van der Waals surface area contributed by atoms with Gasteiger partial charge in [-0.2, -0.15) is 0 Å². The van der Waals surface area contributed by atoms with Gasteiger partial charge in [-0.3, -0.25) is 4.98 Å². The Balaban J connectivity index is 1.15. The maximum absolute atomic E-state index is 5.14. The second-order valence-corrected chi connectivity index (χ2v) is 13.6. The summed E-state index contributed by atoms with van der Waals surface area (Å²) in [5.41, 5.74) is 11.8. The Kier molecular flexibility index (Phi) is 7.81. The molecule has 0 saturated carbocycles. The molecule has 252 valence electrons. The molecule has 3 heteroatoms. The van der Waals surface area contributed by atoms with Gasteiger partial charge in [0.1, 0.15) is 0 Å². The van der Waals surface area contributed by atoms with Crippen LogP contribution >= 0.6 is 0 Å². The van der Waals surface area contributed by atoms with Crippen LogP contribution in [0.25, 0.3) is 99.6 Å². The zero-order chi connectivity index (χ0) is 35.8. The van der Waals surface area contributed by atoms with Gasteiger partial charge >= 0.3 is 0 Å². The fraction of sp³-hybridized carbons (Fsp3) is 0. The number of fused-ring (bicyclic) bond motifs is 4. The largest absolute Gasteiger partial charge is 0.264 e. The Morgan fingerprint density at radius 2 is 0.889 bits per heavy atom. The molecule has 2 aromatic heterocycles. The first-order valence-electron chi connectivity index (χ1n) is 18.3. The number of aromatic nitrogens is 3. The number of nitrogens with zero attached hydrogens (tertiary/aromatic N) is 3. The molecule has 0 aliphatic carbocycles. The maximum atomic E-state index is 5.14. The molecule has 0 N–H and O–H groups in total. The summed E-state index contributed by atoms with van der Waals surface area (Å²) in [6.45, 7) is 0. The van der Waals surface area contributed by atoms with Crippen molar-refractivity contribution in [3.8, 4) is 67.3 Å². The van der Waals surface area contributed by atoms with Gasteiger partial charge in [-0.25, -0.2) is 9.97 Å². The molecule has 10 aromatic rings. The highest BCUT2D eigenvalue weighted by atomic mass is 14.9. The van der Waals surface area contributed by atoms with E-state index in [4.69, 9.17) is 9.97 Å². The summed E-state index contributed by atoms with van der Waals surface area (Å²) in [5.74, 6) is 0.694. The quantitative estimate of drug-likeness (QED) is 0.129. The normalized spacial score (nSPS) is 11.3. The molecule has 54 heavy (non-hydrogen) atoms. The van der Waals surface area contributed by atoms with Crippen molar-refractivity contribution in [1.82, 2.24) is 15.0 Å². The lowest BCUT2D eigenvalue weighted by Gasteiger charge is -2.19. The van der Waals surface area contributed by atoms with Crippen LogP contribution in [0, 0.1) is 0 Å². The number of benzene rings is 8. The Hall–Kier alpha value is -7.23. The molecule has 0 saturated heterocycles. The number of rotatable bonds is 6. The Labute approximate surface area is 313 Å². The number of pyridine rings is 1. The minimum atomic E-state index is 0.694. The standard InChI is InChI=1S/C51H33N3/c1-3-14-36(15-4-1)49-44-23-10-9-22-43(44)48(45-29-28-34-13-7-8-21-42(34)50(45)49)37-26-24-35(25-27-37)46-32-47(54-51(53-46)38-16-5-2-6-17-38)40-19-11-18-39(31-40)41-20-12-30-52-33-41/h1-33H. The van der Waals surface area contributed by atoms with Crippen LogP contribution in [0.2, 0.25) is 0 Å². The van der Waals surface area contributed by atoms with E-state index in [0.717, 1.165) is 44.8 Å². The highest BCUT2D eigenvalue weighted by Gasteiger charge is 2.19. The molecule has 0 aliphatic heterocycles. The van der Waals surface area contributed by atoms with E-state index in [1.807, 2.05) is 30.5 Å². The third-order valence-electron chi connectivity index (χ3n) is 10.4. The first kappa shape index (κ1) is 31.5. The van der Waals surface area contributed by atoms with Crippen molar-refractivity contribution in [3.05, 3.63) is 200 Å². The first-order valence-corrected chi connectivity index (χ1v) is 18.3. The molecule has 0 fully saturated rings. The summed E-state index contributed by atoms with van der Waals surface area (Å²) in [7, 11) is 0. The molecular weight excluding hydrogens is 655 g/mol. The number of hydrogen-bond acceptors (Lipinski definition) is 3. The van der Waals surface area contributed by atoms with Crippen molar-refractivity contribution >= 4 is 32.3 Å². The first-order chi connectivity index (χ1) is 26.8. The molecular formula is C51H33N3. The lowest BCUT2D eigenvalue weighted by atomic mass is 9.84. The van der Waals surface area contributed by atoms with E-state index in [1.165, 1.54) is 49.0 Å². The topological polar surface area (TPSA) is 38.7 Å². The minimum absolute atomic E-state index is 0.694. The van der Waals surface area contributed by atoms with Crippen LogP contribution in [0.4, 0.5) is 0 Å². The van der Waals surface area contributed by atoms with Crippen LogP contribution in [-0.2, 0) is 0 Å². The Morgan fingerprint density at radius 3 is 1.63 bits per heavy atom. The Morgan fingerprint density at radius 1 is 0.315 bits per heavy atom. The molecule has 0 atom stereocenters. The maximum Gasteiger partial charge on any atom is 0.160 e. The lowest BCUT2D eigenvalue weighted by Crippen LogP contribution is -1.96. The highest BCUT2D eigenvalue weighted by molar-refractivity contribution is 6.27. The zero-order valence-electron chi connectivity index (χ0n) is 29.4. The smallest absolute Gasteiger partial charge is 0.160 e. The van der Waals surface area contributed by atoms with Gasteiger partial charge in [-0.1, -0.05) is 170 Å². The van der Waals surface area contributed by atoms with Gasteiger partial charge in [0.05, 0.1) is 11.4 Å². The third kappa shape index (κ3) is 5.60. The summed E-state index contributed by atoms with van der Waals surface area (Å²) >= 11 is 0. The van der Waals surface area contributed by atoms with Gasteiger partial charge in [0, 0.05) is 34.6 Å². The van der Waals surface area contributed by atoms with Gasteiger partial charge in [0.2, 0.25) is 0 Å². The van der Waals surface area contributed by atoms with E-state index in [2.05, 4.69) is 169 Å². The average Bonchev–Trinajstić information content (AvgIpc) is 3.26. The van der Waals surface area contributed by atoms with Gasteiger partial charge < -0.3 is 0 Å². The molecule has 2 heterocycles. The van der Waals surface area contributed by atoms with Crippen molar-refractivity contribution in [2.75, 3.05) is 0 Å². The summed E-state index contributed by atoms with van der Waals surface area (Å²) in [5, 5.41) is 7.48. The summed E-state index contributed by atoms with van der Waals surface area (Å²) < 4.78 is 0. The van der Waals surface area contributed by atoms with Gasteiger partial charge in [-0.15, -0.1) is 0 Å². The highest BCUT2D eigenvalue weighted by Crippen LogP contribution is 2.46. The SMILES string of the molecule is c1ccc(-c2nc(-c3ccc(-c4c5ccccc5c(-c5ccccc5)c5c4ccc4ccccc45)cc3)cc(-c3cccc(-c4cccnc4)c3)n2)cc1. The van der Waals surface area contributed by atoms with Gasteiger partial charge in [0.25, 0.3) is 0 Å². The fourth-order valence-corrected chi connectivity index (χ4v) is 7.82. The van der Waals surface area contributed by atoms with Crippen molar-refractivity contribution in [3.63, 3.8) is 0 Å². The lowest BCUT2D eigenvalue weighted by molar-refractivity contribution is 1.18. The van der Waals surface area contributed by atoms with Crippen LogP contribution in [0.15, 0.2) is 200 Å². The van der Waals surface area contributed by atoms with Crippen LogP contribution < -0.4 is 0 Å². The molecule has 10 rings (SSSR count). The van der Waals surface area contributed by atoms with Crippen LogP contribution in [0.5, 0.6) is 0 Å². The van der Waals surface area contributed by atoms with E-state index in [0.29, 0.717) is 5.82 Å². The van der Waals surface area contributed by atoms with Crippen molar-refractivity contribution < 1.29 is 0 Å². The van der Waals surface area contributed by atoms with Gasteiger partial charge in [0.15, 0.2) is 5.82 Å². The number of hydrogen-bond donors (Lipinski definition) is 0. The van der Waals surface area contributed by atoms with E-state index >= 15 is 0 Å². The minimum Gasteiger partial charge on any atom is -0.264 e. The van der Waals surface area contributed by atoms with E-state index < -0.39 is 0 Å². The zero-order valence-corrected chi connectivity index (χ0v) is 29.4. The van der Waals surface area contributed by atoms with Crippen molar-refractivity contribution in [2.24, 2.45) is 0 Å². The predicted octanol–water partition coefficient (Wildman–Crippen LogP) is 13.3. The van der Waals surface area contributed by atoms with E-state index in [9.17, 15) is 0 Å². The summed E-state index contributed by atoms with van der Waals surface area (Å²) in [6, 6.07) is 66.7. The monoisotopic (exact) mass is 687 g/mol. The second kappa shape index (κ2) is 13.4. The molecule has 0 spiro atoms. The molecule has 0 radical (unpaired) electrons. The third-order valence-corrected chi connectivity index (χ3v) is 10.4. The fourth-order valence-electron chi connectivity index (χ4n) is 7.82. The summed E-state index contributed by atoms with van der Waals surface area (Å²) in [4.78, 5) is 14.6. The Bertz CT molecular complexity index is 2960. The predicted molar refractivity (Wildman–Crippen MR) is 225 cm³/mol. The van der Waals surface area contributed by atoms with E-state index in [-0.39, 0.29) is 0 Å². The molecule has 0 aliphatic rings. The second-order valence-electron chi connectivity index (χ2n) is 13.6. The van der Waals surface area contributed by atoms with E-state index in [1.54, 1.807) is 6.20 Å². The molecule has 0 unspecified atom stereocenters. The van der Waals surface area contributed by atoms with Crippen molar-refractivity contribution in [1.29, 1.82) is 0 Å². The molecule has 0 bridgehead atoms.